The SMILES string of the molecule is CC(C)(C)C(=O)N1CC2CC1CN2Cc1ccccc1.CC(C)(C)C(=O)N1CCC2(CC1)CC2C(=O)N1CCC1.CC(C)(C)C(=O)N1CCC2(CC1)CC2C(=O)N1CCCCC1.CC(C)(C)C(=O)N1CCC2(CC1)CC2C(=O)N1CCOCC1.CC(C)(C)C(=O)N1CCC2(CCC2=O)CC1.CC(C)(C)C(=O)N1CCC2(CCCCC2=O)CC1.CCC1(C#N)CC12CCN(C(=O)C(C)(C)C)CC2. The fraction of sp³-hybridized carbons (Fsp3) is 0.829. The van der Waals surface area contributed by atoms with Crippen molar-refractivity contribution in [2.45, 2.75) is 351 Å². The first kappa shape index (κ1) is 108. The fourth-order valence-corrected chi connectivity index (χ4v) is 24.7. The van der Waals surface area contributed by atoms with Crippen molar-refractivity contribution in [2.75, 3.05) is 144 Å². The van der Waals surface area contributed by atoms with E-state index in [9.17, 15) is 62.8 Å². The fourth-order valence-electron chi connectivity index (χ4n) is 24.7. The van der Waals surface area contributed by atoms with E-state index in [1.165, 1.54) is 37.7 Å². The number of likely N-dealkylation sites (tertiary alicyclic amines) is 10. The molecule has 6 saturated carbocycles. The predicted molar refractivity (Wildman–Crippen MR) is 530 cm³/mol. The van der Waals surface area contributed by atoms with Gasteiger partial charge in [0.05, 0.1) is 24.7 Å². The Balaban J connectivity index is 0.000000143. The number of piperazine rings is 1. The van der Waals surface area contributed by atoms with E-state index >= 15 is 0 Å². The monoisotopic (exact) mass is 1890 g/mol. The number of carbonyl (C=O) groups is 12. The maximum atomic E-state index is 12.7. The molecular weight excluding hydrogens is 1710 g/mol. The second-order valence-corrected chi connectivity index (χ2v) is 51.9. The molecule has 6 atom stereocenters. The molecule has 6 unspecified atom stereocenters. The zero-order valence-corrected chi connectivity index (χ0v) is 88.5. The normalized spacial score (nSPS) is 27.1. The minimum Gasteiger partial charge on any atom is -0.378 e. The average molecular weight is 1890 g/mol. The number of amides is 10. The van der Waals surface area contributed by atoms with E-state index in [-0.39, 0.29) is 129 Å². The van der Waals surface area contributed by atoms with Crippen LogP contribution in [0.1, 0.15) is 338 Å². The molecule has 0 aromatic heterocycles. The van der Waals surface area contributed by atoms with E-state index in [4.69, 9.17) is 4.74 Å². The Bertz CT molecular complexity index is 4370. The zero-order valence-electron chi connectivity index (χ0n) is 88.5. The van der Waals surface area contributed by atoms with Crippen LogP contribution in [0.15, 0.2) is 30.3 Å². The van der Waals surface area contributed by atoms with Crippen LogP contribution in [0, 0.1) is 105 Å². The van der Waals surface area contributed by atoms with Gasteiger partial charge in [0.1, 0.15) is 11.6 Å². The first-order chi connectivity index (χ1) is 63.5. The number of ether oxygens (including phenoxy) is 1. The van der Waals surface area contributed by atoms with Crippen LogP contribution in [-0.2, 0) is 68.8 Å². The Morgan fingerprint density at radius 3 is 0.971 bits per heavy atom. The smallest absolute Gasteiger partial charge is 0.228 e. The summed E-state index contributed by atoms with van der Waals surface area (Å²) in [4.78, 5) is 170. The van der Waals surface area contributed by atoms with Crippen molar-refractivity contribution in [1.29, 1.82) is 5.26 Å². The molecule has 11 saturated heterocycles. The number of rotatable bonds is 6. The molecule has 0 N–H and O–H groups in total. The Morgan fingerprint density at radius 1 is 0.353 bits per heavy atom. The van der Waals surface area contributed by atoms with Crippen molar-refractivity contribution in [1.82, 2.24) is 53.9 Å². The van der Waals surface area contributed by atoms with E-state index in [1.54, 1.807) is 0 Å². The molecule has 25 nitrogen and oxygen atoms in total. The van der Waals surface area contributed by atoms with Gasteiger partial charge in [0.25, 0.3) is 0 Å². The molecule has 18 rings (SSSR count). The molecule has 760 valence electrons. The number of nitrogens with zero attached hydrogens (tertiary/aromatic N) is 12. The van der Waals surface area contributed by atoms with Crippen LogP contribution >= 0.6 is 0 Å². The van der Waals surface area contributed by atoms with Crippen LogP contribution in [0.25, 0.3) is 0 Å². The highest BCUT2D eigenvalue weighted by atomic mass is 16.5. The number of ketones is 2. The van der Waals surface area contributed by atoms with Gasteiger partial charge in [0, 0.05) is 229 Å². The van der Waals surface area contributed by atoms with Crippen molar-refractivity contribution in [3.63, 3.8) is 0 Å². The third kappa shape index (κ3) is 24.7. The average Bonchev–Trinajstić information content (AvgIpc) is 1.53. The van der Waals surface area contributed by atoms with E-state index in [1.807, 2.05) is 185 Å². The summed E-state index contributed by atoms with van der Waals surface area (Å²) in [5.41, 5.74) is 0.0174. The molecule has 17 fully saturated rings. The van der Waals surface area contributed by atoms with Crippen LogP contribution in [0.2, 0.25) is 0 Å². The third-order valence-electron chi connectivity index (χ3n) is 34.8. The first-order valence-corrected chi connectivity index (χ1v) is 53.2. The summed E-state index contributed by atoms with van der Waals surface area (Å²) in [6.45, 7) is 62.9. The number of piperidine rings is 7. The lowest BCUT2D eigenvalue weighted by Gasteiger charge is -2.47. The van der Waals surface area contributed by atoms with Crippen LogP contribution in [-0.4, -0.2) is 281 Å². The summed E-state index contributed by atoms with van der Waals surface area (Å²) in [7, 11) is 0. The molecule has 17 aliphatic rings. The van der Waals surface area contributed by atoms with Gasteiger partial charge in [-0.15, -0.1) is 0 Å². The van der Waals surface area contributed by atoms with Gasteiger partial charge in [-0.1, -0.05) is 189 Å². The molecule has 10 amide bonds. The maximum Gasteiger partial charge on any atom is 0.228 e. The van der Waals surface area contributed by atoms with Crippen LogP contribution in [0.3, 0.4) is 0 Å². The van der Waals surface area contributed by atoms with Crippen LogP contribution in [0.4, 0.5) is 0 Å². The van der Waals surface area contributed by atoms with Crippen LogP contribution in [0.5, 0.6) is 0 Å². The van der Waals surface area contributed by atoms with Crippen molar-refractivity contribution in [3.05, 3.63) is 35.9 Å². The molecule has 6 aliphatic carbocycles. The Hall–Kier alpha value is -7.33. The lowest BCUT2D eigenvalue weighted by molar-refractivity contribution is -0.150. The second kappa shape index (κ2) is 41.7. The molecular formula is C111H178N12O13. The summed E-state index contributed by atoms with van der Waals surface area (Å²) in [5, 5.41) is 9.35. The molecule has 11 aliphatic heterocycles. The lowest BCUT2D eigenvalue weighted by Crippen LogP contribution is -2.52. The maximum absolute atomic E-state index is 12.7. The van der Waals surface area contributed by atoms with Gasteiger partial charge in [0.15, 0.2) is 0 Å². The van der Waals surface area contributed by atoms with Gasteiger partial charge >= 0.3 is 0 Å². The summed E-state index contributed by atoms with van der Waals surface area (Å²) in [5.74, 6) is 4.41. The number of hydrogen-bond donors (Lipinski definition) is 0. The minimum atomic E-state index is -0.308. The Kier molecular flexibility index (Phi) is 33.0. The van der Waals surface area contributed by atoms with Crippen molar-refractivity contribution in [2.24, 2.45) is 93.6 Å². The van der Waals surface area contributed by atoms with Gasteiger partial charge in [-0.3, -0.25) is 62.4 Å². The van der Waals surface area contributed by atoms with Crippen molar-refractivity contribution >= 4 is 70.6 Å². The van der Waals surface area contributed by atoms with Gasteiger partial charge in [-0.2, -0.15) is 5.26 Å². The van der Waals surface area contributed by atoms with E-state index in [0.29, 0.717) is 60.5 Å². The van der Waals surface area contributed by atoms with Crippen molar-refractivity contribution in [3.8, 4) is 6.07 Å². The number of hydrogen-bond acceptors (Lipinski definition) is 15. The number of Topliss-reactive ketones (excluding diaryl/α,β-unsaturated/α-hetero) is 2. The molecule has 136 heavy (non-hydrogen) atoms. The topological polar surface area (TPSA) is 274 Å². The standard InChI is InChI=1S/C18H30N2O2.C17H28N2O3.C17H24N2O.C16H26N2O2.C15H24N2O.C15H25NO2.C13H21NO2/c1-17(2,3)16(22)20-11-7-18(8-12-20)13-14(18)15(21)19-9-5-4-6-10-19;1-16(2,3)15(21)19-6-4-17(5-7-19)12-13(17)14(20)18-8-10-22-11-9-18;1-17(2,3)16(20)19-12-14-9-15(19)11-18(14)10-13-7-5-4-6-8-13;1-15(2,3)14(20)18-9-5-16(6-10-18)11-12(16)13(19)17-7-4-8-17;1-5-14(11-16)10-15(14)6-8-17(9-7-15)12(18)13(2,3)4;1-14(2,3)13(18)16-10-8-15(9-11-16)7-5-4-6-12(15)17;1-12(2,3)11(16)14-8-6-13(7-9-14)5-4-10(13)15/h14H,4-13H2,1-3H3;13H,4-12H2,1-3H3;4-8,14-15H,9-12H2,1-3H3;12H,4-11H2,1-3H3;5-10H2,1-4H3;4-11H2,1-3H3;4-9H2,1-3H3. The van der Waals surface area contributed by atoms with Gasteiger partial charge < -0.3 is 53.7 Å². The highest BCUT2D eigenvalue weighted by molar-refractivity contribution is 5.92. The van der Waals surface area contributed by atoms with E-state index in [0.717, 1.165) is 285 Å². The van der Waals surface area contributed by atoms with E-state index in [2.05, 4.69) is 58.0 Å². The predicted octanol–water partition coefficient (Wildman–Crippen LogP) is 16.4. The molecule has 0 radical (unpaired) electrons. The minimum absolute atomic E-state index is 0.0331. The number of nitriles is 1. The third-order valence-corrected chi connectivity index (χ3v) is 34.8. The molecule has 2 bridgehead atoms. The lowest BCUT2D eigenvalue weighted by atomic mass is 9.62. The number of carbonyl (C=O) groups excluding carboxylic acids is 12. The summed E-state index contributed by atoms with van der Waals surface area (Å²) >= 11 is 0. The Morgan fingerprint density at radius 2 is 0.684 bits per heavy atom. The second-order valence-electron chi connectivity index (χ2n) is 51.9. The summed E-state index contributed by atoms with van der Waals surface area (Å²) < 4.78 is 5.32. The number of fused-ring (bicyclic) bond motifs is 2. The molecule has 25 heteroatoms. The molecule has 11 heterocycles. The Labute approximate surface area is 817 Å². The molecule has 6 spiro atoms. The highest BCUT2D eigenvalue weighted by Crippen LogP contribution is 2.71. The van der Waals surface area contributed by atoms with Gasteiger partial charge in [-0.05, 0) is 188 Å². The van der Waals surface area contributed by atoms with E-state index < -0.39 is 0 Å². The van der Waals surface area contributed by atoms with Crippen molar-refractivity contribution < 1.29 is 62.3 Å². The highest BCUT2D eigenvalue weighted by Gasteiger charge is 2.68. The van der Waals surface area contributed by atoms with Gasteiger partial charge in [0.2, 0.25) is 59.1 Å². The largest absolute Gasteiger partial charge is 0.378 e. The molecule has 1 aromatic rings. The number of benzene rings is 1. The first-order valence-electron chi connectivity index (χ1n) is 53.2. The quantitative estimate of drug-likeness (QED) is 0.256. The summed E-state index contributed by atoms with van der Waals surface area (Å²) in [6, 6.07) is 14.1. The van der Waals surface area contributed by atoms with Crippen LogP contribution < -0.4 is 0 Å². The number of morpholine rings is 1. The zero-order chi connectivity index (χ0) is 99.8. The summed E-state index contributed by atoms with van der Waals surface area (Å²) in [6.07, 6.45) is 28.5. The molecule has 1 aromatic carbocycles. The van der Waals surface area contributed by atoms with Gasteiger partial charge in [-0.25, -0.2) is 0 Å².